The van der Waals surface area contributed by atoms with Crippen LogP contribution in [0.25, 0.3) is 10.9 Å². The molecule has 2 aliphatic rings. The number of rotatable bonds is 2. The Bertz CT molecular complexity index is 687. The Hall–Kier alpha value is -2.04. The molecule has 22 heavy (non-hydrogen) atoms. The van der Waals surface area contributed by atoms with E-state index in [4.69, 9.17) is 0 Å². The number of carbonyl (C=O) groups excluding carboxylic acids is 1. The first-order valence-corrected chi connectivity index (χ1v) is 8.20. The van der Waals surface area contributed by atoms with Crippen LogP contribution in [0.15, 0.2) is 18.2 Å². The minimum absolute atomic E-state index is 0.124. The molecule has 4 rings (SSSR count). The fraction of sp³-hybridized carbons (Fsp3) is 0.529. The van der Waals surface area contributed by atoms with Gasteiger partial charge in [-0.15, -0.1) is 0 Å². The highest BCUT2D eigenvalue weighted by Gasteiger charge is 2.37. The summed E-state index contributed by atoms with van der Waals surface area (Å²) < 4.78 is 0. The van der Waals surface area contributed by atoms with E-state index in [0.29, 0.717) is 29.0 Å². The maximum Gasteiger partial charge on any atom is 0.272 e. The zero-order valence-corrected chi connectivity index (χ0v) is 12.5. The van der Waals surface area contributed by atoms with Gasteiger partial charge in [0.05, 0.1) is 5.52 Å². The maximum atomic E-state index is 12.7. The molecule has 5 nitrogen and oxygen atoms in total. The number of hydrogen-bond donors (Lipinski definition) is 3. The lowest BCUT2D eigenvalue weighted by molar-refractivity contribution is 0.0786. The van der Waals surface area contributed by atoms with Gasteiger partial charge in [-0.3, -0.25) is 9.89 Å². The number of amides is 1. The molecule has 116 valence electrons. The summed E-state index contributed by atoms with van der Waals surface area (Å²) in [6, 6.07) is 5.21. The smallest absolute Gasteiger partial charge is 0.272 e. The molecule has 0 spiro atoms. The van der Waals surface area contributed by atoms with Crippen molar-refractivity contribution in [3.8, 4) is 5.75 Å². The van der Waals surface area contributed by atoms with E-state index in [1.807, 2.05) is 0 Å². The summed E-state index contributed by atoms with van der Waals surface area (Å²) in [5.41, 5.74) is 1.15. The third kappa shape index (κ3) is 2.25. The van der Waals surface area contributed by atoms with Crippen LogP contribution in [0.1, 0.15) is 49.0 Å². The first kappa shape index (κ1) is 13.6. The molecule has 0 aliphatic heterocycles. The normalized spacial score (nSPS) is 27.7. The van der Waals surface area contributed by atoms with Crippen molar-refractivity contribution < 1.29 is 9.90 Å². The van der Waals surface area contributed by atoms with Crippen LogP contribution in [0.2, 0.25) is 0 Å². The van der Waals surface area contributed by atoms with Crippen molar-refractivity contribution in [1.29, 1.82) is 0 Å². The number of phenols is 1. The van der Waals surface area contributed by atoms with Gasteiger partial charge >= 0.3 is 0 Å². The molecular weight excluding hydrogens is 278 g/mol. The summed E-state index contributed by atoms with van der Waals surface area (Å²) in [4.78, 5) is 12.7. The SMILES string of the molecule is O=C(NC1C2CCCC1CCC2)c1n[nH]c2ccc(O)cc12. The first-order chi connectivity index (χ1) is 10.7. The summed E-state index contributed by atoms with van der Waals surface area (Å²) in [6.07, 6.45) is 7.49. The number of nitrogens with zero attached hydrogens (tertiary/aromatic N) is 1. The van der Waals surface area contributed by atoms with Crippen LogP contribution in [0, 0.1) is 11.8 Å². The highest BCUT2D eigenvalue weighted by Crippen LogP contribution is 2.40. The molecule has 0 atom stereocenters. The Balaban J connectivity index is 1.59. The third-order valence-electron chi connectivity index (χ3n) is 5.37. The molecule has 0 saturated heterocycles. The van der Waals surface area contributed by atoms with Gasteiger partial charge in [-0.1, -0.05) is 12.8 Å². The molecule has 0 radical (unpaired) electrons. The predicted molar refractivity (Wildman–Crippen MR) is 83.7 cm³/mol. The molecule has 0 unspecified atom stereocenters. The molecule has 1 amide bonds. The van der Waals surface area contributed by atoms with Gasteiger partial charge in [-0.05, 0) is 55.7 Å². The zero-order valence-electron chi connectivity index (χ0n) is 12.5. The van der Waals surface area contributed by atoms with E-state index in [-0.39, 0.29) is 11.7 Å². The monoisotopic (exact) mass is 299 g/mol. The van der Waals surface area contributed by atoms with Crippen LogP contribution in [-0.2, 0) is 0 Å². The minimum atomic E-state index is -0.124. The van der Waals surface area contributed by atoms with Crippen molar-refractivity contribution in [2.75, 3.05) is 0 Å². The summed E-state index contributed by atoms with van der Waals surface area (Å²) in [5, 5.41) is 20.6. The highest BCUT2D eigenvalue weighted by atomic mass is 16.3. The second-order valence-corrected chi connectivity index (χ2v) is 6.68. The van der Waals surface area contributed by atoms with Crippen molar-refractivity contribution in [3.05, 3.63) is 23.9 Å². The maximum absolute atomic E-state index is 12.7. The molecule has 1 aromatic heterocycles. The molecule has 3 N–H and O–H groups in total. The number of phenolic OH excluding ortho intramolecular Hbond substituents is 1. The average Bonchev–Trinajstić information content (AvgIpc) is 2.90. The van der Waals surface area contributed by atoms with Gasteiger partial charge in [0, 0.05) is 11.4 Å². The van der Waals surface area contributed by atoms with Crippen LogP contribution >= 0.6 is 0 Å². The molecule has 1 aromatic carbocycles. The lowest BCUT2D eigenvalue weighted by atomic mass is 9.68. The Morgan fingerprint density at radius 1 is 1.18 bits per heavy atom. The lowest BCUT2D eigenvalue weighted by Gasteiger charge is -2.42. The van der Waals surface area contributed by atoms with E-state index in [2.05, 4.69) is 15.5 Å². The number of nitrogens with one attached hydrogen (secondary N) is 2. The second-order valence-electron chi connectivity index (χ2n) is 6.68. The van der Waals surface area contributed by atoms with Crippen molar-refractivity contribution >= 4 is 16.8 Å². The number of H-pyrrole nitrogens is 1. The van der Waals surface area contributed by atoms with Gasteiger partial charge in [0.15, 0.2) is 5.69 Å². The van der Waals surface area contributed by atoms with Gasteiger partial charge in [-0.25, -0.2) is 0 Å². The Kier molecular flexibility index (Phi) is 3.28. The molecule has 2 aromatic rings. The van der Waals surface area contributed by atoms with Crippen LogP contribution in [-0.4, -0.2) is 27.3 Å². The van der Waals surface area contributed by atoms with Crippen molar-refractivity contribution in [1.82, 2.24) is 15.5 Å². The molecule has 2 aliphatic carbocycles. The van der Waals surface area contributed by atoms with Gasteiger partial charge in [-0.2, -0.15) is 5.10 Å². The molecule has 2 saturated carbocycles. The van der Waals surface area contributed by atoms with Crippen LogP contribution in [0.5, 0.6) is 5.75 Å². The molecule has 2 bridgehead atoms. The van der Waals surface area contributed by atoms with E-state index >= 15 is 0 Å². The van der Waals surface area contributed by atoms with Crippen molar-refractivity contribution in [2.24, 2.45) is 11.8 Å². The van der Waals surface area contributed by atoms with Gasteiger partial charge in [0.25, 0.3) is 5.91 Å². The van der Waals surface area contributed by atoms with Crippen molar-refractivity contribution in [3.63, 3.8) is 0 Å². The largest absolute Gasteiger partial charge is 0.508 e. The Morgan fingerprint density at radius 2 is 1.86 bits per heavy atom. The average molecular weight is 299 g/mol. The summed E-state index contributed by atoms with van der Waals surface area (Å²) in [5.74, 6) is 1.27. The molecule has 5 heteroatoms. The van der Waals surface area contributed by atoms with Gasteiger partial charge < -0.3 is 10.4 Å². The predicted octanol–water partition coefficient (Wildman–Crippen LogP) is 2.97. The fourth-order valence-electron chi connectivity index (χ4n) is 4.31. The van der Waals surface area contributed by atoms with E-state index in [0.717, 1.165) is 5.52 Å². The lowest BCUT2D eigenvalue weighted by Crippen LogP contribution is -2.49. The van der Waals surface area contributed by atoms with E-state index in [9.17, 15) is 9.90 Å². The van der Waals surface area contributed by atoms with Gasteiger partial charge in [0.1, 0.15) is 5.75 Å². The molecule has 2 fully saturated rings. The Morgan fingerprint density at radius 3 is 2.55 bits per heavy atom. The Labute approximate surface area is 129 Å². The standard InChI is InChI=1S/C17H21N3O2/c21-12-7-8-14-13(9-12)16(20-19-14)17(22)18-15-10-3-1-4-11(15)6-2-5-10/h7-11,15,21H,1-6H2,(H,18,22)(H,19,20). The third-order valence-corrected chi connectivity index (χ3v) is 5.37. The quantitative estimate of drug-likeness (QED) is 0.797. The summed E-state index contributed by atoms with van der Waals surface area (Å²) >= 11 is 0. The topological polar surface area (TPSA) is 78.0 Å². The first-order valence-electron chi connectivity index (χ1n) is 8.20. The number of aromatic hydroxyl groups is 1. The number of hydrogen-bond acceptors (Lipinski definition) is 3. The van der Waals surface area contributed by atoms with Gasteiger partial charge in [0.2, 0.25) is 0 Å². The number of carbonyl (C=O) groups is 1. The number of fused-ring (bicyclic) bond motifs is 3. The molecular formula is C17H21N3O2. The van der Waals surface area contributed by atoms with E-state index in [1.165, 1.54) is 38.5 Å². The van der Waals surface area contributed by atoms with E-state index in [1.54, 1.807) is 18.2 Å². The number of aromatic nitrogens is 2. The second kappa shape index (κ2) is 5.30. The highest BCUT2D eigenvalue weighted by molar-refractivity contribution is 6.05. The van der Waals surface area contributed by atoms with Crippen LogP contribution in [0.3, 0.4) is 0 Å². The van der Waals surface area contributed by atoms with Crippen LogP contribution in [0.4, 0.5) is 0 Å². The zero-order chi connectivity index (χ0) is 15.1. The summed E-state index contributed by atoms with van der Waals surface area (Å²) in [7, 11) is 0. The molecule has 1 heterocycles. The van der Waals surface area contributed by atoms with Crippen molar-refractivity contribution in [2.45, 2.75) is 44.6 Å². The number of aromatic amines is 1. The fourth-order valence-corrected chi connectivity index (χ4v) is 4.31. The minimum Gasteiger partial charge on any atom is -0.508 e. The summed E-state index contributed by atoms with van der Waals surface area (Å²) in [6.45, 7) is 0. The van der Waals surface area contributed by atoms with Crippen LogP contribution < -0.4 is 5.32 Å². The number of benzene rings is 1. The van der Waals surface area contributed by atoms with E-state index < -0.39 is 0 Å².